The van der Waals surface area contributed by atoms with Crippen LogP contribution in [0.2, 0.25) is 0 Å². The fourth-order valence-corrected chi connectivity index (χ4v) is 1.00. The SMILES string of the molecule is COC(=O)c1[c]scc1. The van der Waals surface area contributed by atoms with Crippen molar-refractivity contribution in [1.82, 2.24) is 0 Å². The molecule has 0 aliphatic heterocycles. The average molecular weight is 141 g/mol. The van der Waals surface area contributed by atoms with Gasteiger partial charge >= 0.3 is 5.97 Å². The Balaban J connectivity index is 2.77. The van der Waals surface area contributed by atoms with E-state index >= 15 is 0 Å². The van der Waals surface area contributed by atoms with Gasteiger partial charge < -0.3 is 4.74 Å². The molecular formula is C6H5O2S. The van der Waals surface area contributed by atoms with Gasteiger partial charge in [-0.3, -0.25) is 0 Å². The molecule has 0 aromatic carbocycles. The minimum Gasteiger partial charge on any atom is -0.465 e. The molecule has 9 heavy (non-hydrogen) atoms. The Morgan fingerprint density at radius 3 is 3.11 bits per heavy atom. The summed E-state index contributed by atoms with van der Waals surface area (Å²) in [6.45, 7) is 0. The lowest BCUT2D eigenvalue weighted by Crippen LogP contribution is -1.97. The number of carbonyl (C=O) groups excluding carboxylic acids is 1. The van der Waals surface area contributed by atoms with E-state index in [1.54, 1.807) is 11.4 Å². The van der Waals surface area contributed by atoms with Gasteiger partial charge in [0.05, 0.1) is 18.1 Å². The van der Waals surface area contributed by atoms with Crippen LogP contribution in [0.15, 0.2) is 11.4 Å². The quantitative estimate of drug-likeness (QED) is 0.551. The zero-order valence-electron chi connectivity index (χ0n) is 4.88. The molecule has 0 saturated carbocycles. The van der Waals surface area contributed by atoms with Crippen LogP contribution in [0.5, 0.6) is 0 Å². The summed E-state index contributed by atoms with van der Waals surface area (Å²) < 4.78 is 4.43. The first kappa shape index (κ1) is 6.29. The van der Waals surface area contributed by atoms with Crippen molar-refractivity contribution in [2.24, 2.45) is 0 Å². The molecule has 1 aromatic rings. The van der Waals surface area contributed by atoms with Gasteiger partial charge in [-0.2, -0.15) is 0 Å². The Morgan fingerprint density at radius 2 is 2.67 bits per heavy atom. The van der Waals surface area contributed by atoms with Gasteiger partial charge in [-0.25, -0.2) is 4.79 Å². The van der Waals surface area contributed by atoms with E-state index in [-0.39, 0.29) is 5.97 Å². The first-order valence-electron chi connectivity index (χ1n) is 2.38. The number of carbonyl (C=O) groups is 1. The predicted molar refractivity (Wildman–Crippen MR) is 34.5 cm³/mol. The third kappa shape index (κ3) is 1.29. The van der Waals surface area contributed by atoms with E-state index in [4.69, 9.17) is 0 Å². The summed E-state index contributed by atoms with van der Waals surface area (Å²) in [6.07, 6.45) is 0. The molecule has 3 heteroatoms. The van der Waals surface area contributed by atoms with Gasteiger partial charge in [0.1, 0.15) is 0 Å². The summed E-state index contributed by atoms with van der Waals surface area (Å²) in [5.41, 5.74) is 0.502. The van der Waals surface area contributed by atoms with Crippen LogP contribution >= 0.6 is 11.3 Å². The molecule has 1 rings (SSSR count). The molecule has 0 unspecified atom stereocenters. The number of methoxy groups -OCH3 is 1. The van der Waals surface area contributed by atoms with E-state index in [2.05, 4.69) is 10.1 Å². The lowest BCUT2D eigenvalue weighted by Gasteiger charge is -1.90. The lowest BCUT2D eigenvalue weighted by molar-refractivity contribution is 0.0601. The van der Waals surface area contributed by atoms with E-state index < -0.39 is 0 Å². The second-order valence-electron chi connectivity index (χ2n) is 1.43. The van der Waals surface area contributed by atoms with Crippen molar-refractivity contribution in [3.05, 3.63) is 22.4 Å². The van der Waals surface area contributed by atoms with Crippen molar-refractivity contribution in [1.29, 1.82) is 0 Å². The van der Waals surface area contributed by atoms with Gasteiger partial charge in [-0.15, -0.1) is 11.3 Å². The molecule has 0 atom stereocenters. The average Bonchev–Trinajstić information content (AvgIpc) is 2.37. The Kier molecular flexibility index (Phi) is 1.85. The third-order valence-corrected chi connectivity index (χ3v) is 1.49. The maximum Gasteiger partial charge on any atom is 0.339 e. The molecule has 0 saturated heterocycles. The Hall–Kier alpha value is -0.830. The molecule has 0 N–H and O–H groups in total. The van der Waals surface area contributed by atoms with E-state index in [1.165, 1.54) is 18.4 Å². The molecular weight excluding hydrogens is 136 g/mol. The Labute approximate surface area is 57.1 Å². The van der Waals surface area contributed by atoms with Gasteiger partial charge in [0.2, 0.25) is 0 Å². The monoisotopic (exact) mass is 141 g/mol. The highest BCUT2D eigenvalue weighted by atomic mass is 32.1. The highest BCUT2D eigenvalue weighted by Gasteiger charge is 2.03. The number of thiophene rings is 1. The van der Waals surface area contributed by atoms with Crippen LogP contribution in [0.25, 0.3) is 0 Å². The van der Waals surface area contributed by atoms with Crippen LogP contribution in [-0.2, 0) is 4.74 Å². The van der Waals surface area contributed by atoms with E-state index in [0.29, 0.717) is 5.56 Å². The molecule has 47 valence electrons. The fraction of sp³-hybridized carbons (Fsp3) is 0.167. The summed E-state index contributed by atoms with van der Waals surface area (Å²) in [7, 11) is 1.36. The minimum atomic E-state index is -0.323. The lowest BCUT2D eigenvalue weighted by atomic mass is 10.4. The Morgan fingerprint density at radius 1 is 1.89 bits per heavy atom. The first-order valence-corrected chi connectivity index (χ1v) is 3.26. The number of esters is 1. The van der Waals surface area contributed by atoms with Gasteiger partial charge in [-0.1, -0.05) is 0 Å². The summed E-state index contributed by atoms with van der Waals surface area (Å²) in [4.78, 5) is 10.6. The normalized spacial score (nSPS) is 9.00. The summed E-state index contributed by atoms with van der Waals surface area (Å²) in [5.74, 6) is -0.323. The second-order valence-corrected chi connectivity index (χ2v) is 2.14. The summed E-state index contributed by atoms with van der Waals surface area (Å²) in [6, 6.07) is 1.68. The van der Waals surface area contributed by atoms with Crippen LogP contribution in [-0.4, -0.2) is 13.1 Å². The maximum absolute atomic E-state index is 10.6. The molecule has 1 heterocycles. The van der Waals surface area contributed by atoms with Gasteiger partial charge in [0.15, 0.2) is 0 Å². The van der Waals surface area contributed by atoms with Crippen molar-refractivity contribution >= 4 is 17.3 Å². The van der Waals surface area contributed by atoms with Gasteiger partial charge in [0, 0.05) is 0 Å². The topological polar surface area (TPSA) is 26.3 Å². The molecule has 1 aromatic heterocycles. The third-order valence-electron chi connectivity index (χ3n) is 0.877. The number of hydrogen-bond donors (Lipinski definition) is 0. The van der Waals surface area contributed by atoms with Crippen molar-refractivity contribution in [3.63, 3.8) is 0 Å². The van der Waals surface area contributed by atoms with Crippen molar-refractivity contribution in [2.45, 2.75) is 0 Å². The number of hydrogen-bond acceptors (Lipinski definition) is 3. The largest absolute Gasteiger partial charge is 0.465 e. The molecule has 1 radical (unpaired) electrons. The molecule has 0 aliphatic carbocycles. The molecule has 0 spiro atoms. The van der Waals surface area contributed by atoms with Crippen LogP contribution in [0, 0.1) is 5.38 Å². The van der Waals surface area contributed by atoms with Gasteiger partial charge in [0.25, 0.3) is 0 Å². The number of ether oxygens (including phenoxy) is 1. The zero-order chi connectivity index (χ0) is 6.69. The summed E-state index contributed by atoms with van der Waals surface area (Å²) >= 11 is 1.36. The maximum atomic E-state index is 10.6. The standard InChI is InChI=1S/C6H5O2S/c1-8-6(7)5-2-3-9-4-5/h2-3H,1H3. The fourth-order valence-electron chi connectivity index (χ4n) is 0.453. The highest BCUT2D eigenvalue weighted by molar-refractivity contribution is 7.07. The van der Waals surface area contributed by atoms with E-state index in [1.807, 2.05) is 0 Å². The van der Waals surface area contributed by atoms with E-state index in [9.17, 15) is 4.79 Å². The molecule has 0 amide bonds. The summed E-state index contributed by atoms with van der Waals surface area (Å²) in [5, 5.41) is 4.54. The molecule has 2 nitrogen and oxygen atoms in total. The smallest absolute Gasteiger partial charge is 0.339 e. The van der Waals surface area contributed by atoms with Crippen LogP contribution in [0.4, 0.5) is 0 Å². The van der Waals surface area contributed by atoms with Crippen LogP contribution < -0.4 is 0 Å². The first-order chi connectivity index (χ1) is 4.34. The second kappa shape index (κ2) is 2.64. The predicted octanol–water partition coefficient (Wildman–Crippen LogP) is 1.33. The van der Waals surface area contributed by atoms with Crippen molar-refractivity contribution < 1.29 is 9.53 Å². The van der Waals surface area contributed by atoms with Crippen molar-refractivity contribution in [3.8, 4) is 0 Å². The minimum absolute atomic E-state index is 0.323. The highest BCUT2D eigenvalue weighted by Crippen LogP contribution is 2.04. The van der Waals surface area contributed by atoms with Crippen LogP contribution in [0.3, 0.4) is 0 Å². The number of rotatable bonds is 1. The zero-order valence-corrected chi connectivity index (χ0v) is 5.70. The van der Waals surface area contributed by atoms with Crippen molar-refractivity contribution in [2.75, 3.05) is 7.11 Å². The van der Waals surface area contributed by atoms with Crippen LogP contribution in [0.1, 0.15) is 10.4 Å². The van der Waals surface area contributed by atoms with E-state index in [0.717, 1.165) is 0 Å². The molecule has 0 aliphatic rings. The molecule has 0 fully saturated rings. The molecule has 0 bridgehead atoms. The Bertz CT molecular complexity index is 191. The van der Waals surface area contributed by atoms with Gasteiger partial charge in [-0.05, 0) is 11.4 Å².